The number of halogens is 2. The van der Waals surface area contributed by atoms with Crippen molar-refractivity contribution >= 4 is 11.6 Å². The predicted octanol–water partition coefficient (Wildman–Crippen LogP) is 3.61. The van der Waals surface area contributed by atoms with Crippen LogP contribution in [0.2, 0.25) is 5.02 Å². The van der Waals surface area contributed by atoms with E-state index in [1.54, 1.807) is 6.07 Å². The summed E-state index contributed by atoms with van der Waals surface area (Å²) < 4.78 is 19.1. The van der Waals surface area contributed by atoms with E-state index in [9.17, 15) is 4.39 Å². The van der Waals surface area contributed by atoms with Gasteiger partial charge in [0.1, 0.15) is 11.6 Å². The van der Waals surface area contributed by atoms with Crippen molar-refractivity contribution in [3.8, 4) is 11.6 Å². The lowest BCUT2D eigenvalue weighted by Crippen LogP contribution is -2.04. The summed E-state index contributed by atoms with van der Waals surface area (Å²) in [7, 11) is 0. The number of rotatable bonds is 3. The molecular weight excluding hydrogens is 279 g/mol. The highest BCUT2D eigenvalue weighted by atomic mass is 35.5. The van der Waals surface area contributed by atoms with Gasteiger partial charge < -0.3 is 10.5 Å². The van der Waals surface area contributed by atoms with E-state index in [1.807, 2.05) is 6.07 Å². The molecule has 0 amide bonds. The molecule has 1 aromatic heterocycles. The predicted molar refractivity (Wildman–Crippen MR) is 75.6 cm³/mol. The Balaban J connectivity index is 1.95. The van der Waals surface area contributed by atoms with Crippen LogP contribution >= 0.6 is 11.6 Å². The maximum Gasteiger partial charge on any atom is 0.223 e. The fraction of sp³-hybridized carbons (Fsp3) is 0.267. The summed E-state index contributed by atoms with van der Waals surface area (Å²) >= 11 is 5.65. The molecule has 0 fully saturated rings. The summed E-state index contributed by atoms with van der Waals surface area (Å²) in [6.45, 7) is 0.339. The fourth-order valence-corrected chi connectivity index (χ4v) is 2.50. The molecule has 104 valence electrons. The van der Waals surface area contributed by atoms with Gasteiger partial charge in [-0.3, -0.25) is 0 Å². The van der Waals surface area contributed by atoms with E-state index in [-0.39, 0.29) is 5.02 Å². The van der Waals surface area contributed by atoms with Crippen molar-refractivity contribution in [1.82, 2.24) is 4.98 Å². The highest BCUT2D eigenvalue weighted by Crippen LogP contribution is 2.30. The Bertz CT molecular complexity index is 661. The van der Waals surface area contributed by atoms with Gasteiger partial charge in [0.25, 0.3) is 0 Å². The van der Waals surface area contributed by atoms with Gasteiger partial charge in [-0.05, 0) is 43.0 Å². The van der Waals surface area contributed by atoms with Gasteiger partial charge in [0.2, 0.25) is 5.88 Å². The molecule has 0 spiro atoms. The first-order valence-corrected chi connectivity index (χ1v) is 6.90. The van der Waals surface area contributed by atoms with Gasteiger partial charge in [0, 0.05) is 23.9 Å². The summed E-state index contributed by atoms with van der Waals surface area (Å²) in [5.74, 6) is 0.307. The Kier molecular flexibility index (Phi) is 3.59. The van der Waals surface area contributed by atoms with Gasteiger partial charge in [-0.15, -0.1) is 0 Å². The van der Waals surface area contributed by atoms with Crippen LogP contribution in [0.5, 0.6) is 11.6 Å². The van der Waals surface area contributed by atoms with Crippen molar-refractivity contribution in [2.24, 2.45) is 5.73 Å². The zero-order valence-electron chi connectivity index (χ0n) is 10.8. The van der Waals surface area contributed by atoms with Crippen LogP contribution < -0.4 is 10.5 Å². The maximum atomic E-state index is 13.4. The Morgan fingerprint density at radius 3 is 2.90 bits per heavy atom. The number of ether oxygens (including phenoxy) is 1. The van der Waals surface area contributed by atoms with Crippen molar-refractivity contribution in [2.45, 2.75) is 25.8 Å². The molecule has 1 aliphatic carbocycles. The molecule has 1 heterocycles. The number of hydrogen-bond donors (Lipinski definition) is 1. The first kappa shape index (κ1) is 13.3. The van der Waals surface area contributed by atoms with Gasteiger partial charge in [0.05, 0.1) is 5.02 Å². The largest absolute Gasteiger partial charge is 0.439 e. The molecule has 2 N–H and O–H groups in total. The van der Waals surface area contributed by atoms with Crippen LogP contribution in [-0.2, 0) is 19.4 Å². The van der Waals surface area contributed by atoms with Crippen molar-refractivity contribution in [2.75, 3.05) is 0 Å². The molecule has 1 aliphatic rings. The number of pyridine rings is 1. The third-order valence-electron chi connectivity index (χ3n) is 3.42. The molecule has 0 unspecified atom stereocenters. The van der Waals surface area contributed by atoms with E-state index in [0.29, 0.717) is 18.2 Å². The van der Waals surface area contributed by atoms with E-state index in [1.165, 1.54) is 17.7 Å². The second-order valence-corrected chi connectivity index (χ2v) is 5.20. The average Bonchev–Trinajstić information content (AvgIpc) is 2.89. The van der Waals surface area contributed by atoms with Crippen LogP contribution in [0.3, 0.4) is 0 Å². The zero-order valence-corrected chi connectivity index (χ0v) is 11.6. The zero-order chi connectivity index (χ0) is 14.1. The van der Waals surface area contributed by atoms with Crippen molar-refractivity contribution in [3.63, 3.8) is 0 Å². The molecule has 0 aliphatic heterocycles. The Hall–Kier alpha value is -1.65. The molecule has 5 heteroatoms. The quantitative estimate of drug-likeness (QED) is 0.940. The fourth-order valence-electron chi connectivity index (χ4n) is 2.39. The molecule has 0 atom stereocenters. The van der Waals surface area contributed by atoms with Crippen molar-refractivity contribution in [3.05, 3.63) is 51.9 Å². The van der Waals surface area contributed by atoms with Crippen molar-refractivity contribution < 1.29 is 9.13 Å². The Labute approximate surface area is 121 Å². The minimum absolute atomic E-state index is 0.0679. The van der Waals surface area contributed by atoms with E-state index < -0.39 is 5.82 Å². The lowest BCUT2D eigenvalue weighted by molar-refractivity contribution is 0.450. The number of nitrogens with zero attached hydrogens (tertiary/aromatic N) is 1. The molecule has 0 radical (unpaired) electrons. The molecule has 1 aromatic carbocycles. The lowest BCUT2D eigenvalue weighted by atomic mass is 10.1. The van der Waals surface area contributed by atoms with Gasteiger partial charge in [-0.1, -0.05) is 11.6 Å². The highest BCUT2D eigenvalue weighted by Gasteiger charge is 2.17. The van der Waals surface area contributed by atoms with E-state index in [0.717, 1.165) is 30.5 Å². The number of hydrogen-bond acceptors (Lipinski definition) is 3. The van der Waals surface area contributed by atoms with Crippen LogP contribution in [0.25, 0.3) is 0 Å². The number of aromatic nitrogens is 1. The minimum Gasteiger partial charge on any atom is -0.439 e. The summed E-state index contributed by atoms with van der Waals surface area (Å²) in [6, 6.07) is 6.36. The Morgan fingerprint density at radius 1 is 1.30 bits per heavy atom. The van der Waals surface area contributed by atoms with Gasteiger partial charge >= 0.3 is 0 Å². The molecular formula is C15H14ClFN2O. The number of fused-ring (bicyclic) bond motifs is 1. The molecule has 3 nitrogen and oxygen atoms in total. The van der Waals surface area contributed by atoms with Gasteiger partial charge in [-0.25, -0.2) is 9.37 Å². The van der Waals surface area contributed by atoms with Crippen LogP contribution in [0, 0.1) is 5.82 Å². The molecule has 0 saturated heterocycles. The topological polar surface area (TPSA) is 48.1 Å². The van der Waals surface area contributed by atoms with Crippen LogP contribution in [0.15, 0.2) is 24.3 Å². The molecule has 20 heavy (non-hydrogen) atoms. The SMILES string of the molecule is NCc1cc2c(nc1Oc1ccc(Cl)c(F)c1)CCC2. The summed E-state index contributed by atoms with van der Waals surface area (Å²) in [4.78, 5) is 4.51. The van der Waals surface area contributed by atoms with E-state index in [4.69, 9.17) is 22.1 Å². The highest BCUT2D eigenvalue weighted by molar-refractivity contribution is 6.30. The van der Waals surface area contributed by atoms with Crippen LogP contribution in [-0.4, -0.2) is 4.98 Å². The third-order valence-corrected chi connectivity index (χ3v) is 3.72. The van der Waals surface area contributed by atoms with Gasteiger partial charge in [-0.2, -0.15) is 0 Å². The lowest BCUT2D eigenvalue weighted by Gasteiger charge is -2.11. The molecule has 0 bridgehead atoms. The number of benzene rings is 1. The number of aryl methyl sites for hydroxylation is 2. The molecule has 3 rings (SSSR count). The van der Waals surface area contributed by atoms with Crippen LogP contribution in [0.1, 0.15) is 23.2 Å². The second-order valence-electron chi connectivity index (χ2n) is 4.79. The smallest absolute Gasteiger partial charge is 0.223 e. The normalized spacial score (nSPS) is 13.3. The molecule has 0 saturated carbocycles. The van der Waals surface area contributed by atoms with Gasteiger partial charge in [0.15, 0.2) is 0 Å². The van der Waals surface area contributed by atoms with Crippen molar-refractivity contribution in [1.29, 1.82) is 0 Å². The standard InChI is InChI=1S/C15H14ClFN2O/c16-12-5-4-11(7-13(12)17)20-15-10(8-18)6-9-2-1-3-14(9)19-15/h4-7H,1-3,8,18H2. The monoisotopic (exact) mass is 292 g/mol. The summed E-state index contributed by atoms with van der Waals surface area (Å²) in [5.41, 5.74) is 8.86. The Morgan fingerprint density at radius 2 is 2.15 bits per heavy atom. The molecule has 2 aromatic rings. The minimum atomic E-state index is -0.514. The first-order chi connectivity index (χ1) is 9.67. The van der Waals surface area contributed by atoms with E-state index >= 15 is 0 Å². The first-order valence-electron chi connectivity index (χ1n) is 6.52. The van der Waals surface area contributed by atoms with E-state index in [2.05, 4.69) is 4.98 Å². The average molecular weight is 293 g/mol. The second kappa shape index (κ2) is 5.38. The number of nitrogens with two attached hydrogens (primary N) is 1. The van der Waals surface area contributed by atoms with Crippen LogP contribution in [0.4, 0.5) is 4.39 Å². The summed E-state index contributed by atoms with van der Waals surface area (Å²) in [6.07, 6.45) is 3.09. The maximum absolute atomic E-state index is 13.4. The summed E-state index contributed by atoms with van der Waals surface area (Å²) in [5, 5.41) is 0.0679. The third kappa shape index (κ3) is 2.49.